The Labute approximate surface area is 165 Å². The quantitative estimate of drug-likeness (QED) is 0.429. The average Bonchev–Trinajstić information content (AvgIpc) is 3.17. The smallest absolute Gasteiger partial charge is 0.339 e. The summed E-state index contributed by atoms with van der Waals surface area (Å²) in [4.78, 5) is 47.6. The largest absolute Gasteiger partial charge is 0.465 e. The van der Waals surface area contributed by atoms with Crippen molar-refractivity contribution in [2.24, 2.45) is 5.41 Å². The Morgan fingerprint density at radius 1 is 1.11 bits per heavy atom. The van der Waals surface area contributed by atoms with Crippen molar-refractivity contribution >= 4 is 52.7 Å². The molecule has 0 aromatic heterocycles. The second-order valence-electron chi connectivity index (χ2n) is 6.08. The van der Waals surface area contributed by atoms with Gasteiger partial charge in [-0.2, -0.15) is 0 Å². The van der Waals surface area contributed by atoms with Gasteiger partial charge < -0.3 is 19.5 Å². The van der Waals surface area contributed by atoms with E-state index in [1.807, 2.05) is 0 Å². The molecule has 8 nitrogen and oxygen atoms in total. The zero-order valence-corrected chi connectivity index (χ0v) is 16.3. The molecule has 0 spiro atoms. The number of hydrogen-bond acceptors (Lipinski definition) is 7. The highest BCUT2D eigenvalue weighted by molar-refractivity contribution is 6.53. The van der Waals surface area contributed by atoms with Gasteiger partial charge in [0, 0.05) is 6.42 Å². The maximum atomic E-state index is 12.1. The molecule has 0 aliphatic heterocycles. The Morgan fingerprint density at radius 3 is 2.22 bits per heavy atom. The van der Waals surface area contributed by atoms with E-state index in [9.17, 15) is 19.2 Å². The van der Waals surface area contributed by atoms with Crippen molar-refractivity contribution in [3.8, 4) is 0 Å². The van der Waals surface area contributed by atoms with E-state index in [2.05, 4.69) is 14.8 Å². The Kier molecular flexibility index (Phi) is 6.01. The number of methoxy groups -OCH3 is 2. The molecule has 0 heterocycles. The fraction of sp³-hybridized carbons (Fsp3) is 0.412. The zero-order chi connectivity index (χ0) is 20.4. The molecule has 1 aliphatic carbocycles. The lowest BCUT2D eigenvalue weighted by Gasteiger charge is -2.13. The van der Waals surface area contributed by atoms with Crippen molar-refractivity contribution in [2.75, 3.05) is 26.1 Å². The number of carbonyl (C=O) groups excluding carboxylic acids is 4. The van der Waals surface area contributed by atoms with E-state index >= 15 is 0 Å². The first kappa shape index (κ1) is 21.0. The van der Waals surface area contributed by atoms with E-state index in [1.165, 1.54) is 39.3 Å². The molecule has 1 aromatic carbocycles. The molecule has 0 unspecified atom stereocenters. The van der Waals surface area contributed by atoms with Crippen LogP contribution in [0, 0.1) is 5.41 Å². The van der Waals surface area contributed by atoms with Crippen LogP contribution < -0.4 is 5.32 Å². The second kappa shape index (κ2) is 7.74. The topological polar surface area (TPSA) is 108 Å². The Bertz CT molecular complexity index is 808. The van der Waals surface area contributed by atoms with Gasteiger partial charge >= 0.3 is 17.9 Å². The molecule has 1 aromatic rings. The van der Waals surface area contributed by atoms with E-state index in [1.54, 1.807) is 0 Å². The van der Waals surface area contributed by atoms with Crippen molar-refractivity contribution in [3.05, 3.63) is 29.3 Å². The SMILES string of the molecule is COC(=O)c1ccc(C(=O)OC)c(NC(=O)COC(=O)[C@]2(C)CC2(Cl)Cl)c1. The normalized spacial score (nSPS) is 19.6. The van der Waals surface area contributed by atoms with E-state index in [-0.39, 0.29) is 23.2 Å². The van der Waals surface area contributed by atoms with Gasteiger partial charge in [-0.05, 0) is 25.1 Å². The number of carbonyl (C=O) groups is 4. The average molecular weight is 418 g/mol. The van der Waals surface area contributed by atoms with Crippen LogP contribution in [0.5, 0.6) is 0 Å². The Hall–Kier alpha value is -2.32. The Morgan fingerprint density at radius 2 is 1.70 bits per heavy atom. The first-order valence-corrected chi connectivity index (χ1v) is 8.47. The number of nitrogens with one attached hydrogen (secondary N) is 1. The number of benzene rings is 1. The minimum Gasteiger partial charge on any atom is -0.465 e. The van der Waals surface area contributed by atoms with Gasteiger partial charge in [0.15, 0.2) is 6.61 Å². The minimum atomic E-state index is -1.21. The molecule has 146 valence electrons. The molecule has 27 heavy (non-hydrogen) atoms. The molecule has 0 radical (unpaired) electrons. The van der Waals surface area contributed by atoms with Gasteiger partial charge in [0.2, 0.25) is 0 Å². The van der Waals surface area contributed by atoms with Crippen LogP contribution in [0.3, 0.4) is 0 Å². The summed E-state index contributed by atoms with van der Waals surface area (Å²) < 4.78 is 13.0. The maximum Gasteiger partial charge on any atom is 0.339 e. The number of amides is 1. The van der Waals surface area contributed by atoms with Crippen LogP contribution in [0.25, 0.3) is 0 Å². The first-order valence-electron chi connectivity index (χ1n) is 7.71. The van der Waals surface area contributed by atoms with Gasteiger partial charge in [0.05, 0.1) is 31.0 Å². The van der Waals surface area contributed by atoms with Crippen molar-refractivity contribution in [1.82, 2.24) is 0 Å². The summed E-state index contributed by atoms with van der Waals surface area (Å²) in [6.45, 7) is 0.907. The summed E-state index contributed by atoms with van der Waals surface area (Å²) in [6, 6.07) is 3.91. The van der Waals surface area contributed by atoms with Gasteiger partial charge in [0.1, 0.15) is 9.75 Å². The van der Waals surface area contributed by atoms with Crippen LogP contribution in [0.1, 0.15) is 34.1 Å². The van der Waals surface area contributed by atoms with Crippen LogP contribution in [-0.2, 0) is 23.8 Å². The van der Waals surface area contributed by atoms with Crippen LogP contribution >= 0.6 is 23.2 Å². The monoisotopic (exact) mass is 417 g/mol. The number of anilines is 1. The van der Waals surface area contributed by atoms with E-state index in [0.717, 1.165) is 0 Å². The molecule has 10 heteroatoms. The molecule has 0 saturated heterocycles. The number of halogens is 2. The van der Waals surface area contributed by atoms with E-state index < -0.39 is 40.2 Å². The van der Waals surface area contributed by atoms with Crippen molar-refractivity contribution in [1.29, 1.82) is 0 Å². The van der Waals surface area contributed by atoms with Gasteiger partial charge in [-0.25, -0.2) is 9.59 Å². The molecule has 1 atom stereocenters. The van der Waals surface area contributed by atoms with E-state index in [4.69, 9.17) is 27.9 Å². The summed E-state index contributed by atoms with van der Waals surface area (Å²) in [6.07, 6.45) is 0.219. The summed E-state index contributed by atoms with van der Waals surface area (Å²) in [5.41, 5.74) is -0.942. The fourth-order valence-corrected chi connectivity index (χ4v) is 2.97. The molecular weight excluding hydrogens is 401 g/mol. The summed E-state index contributed by atoms with van der Waals surface area (Å²) in [7, 11) is 2.37. The lowest BCUT2D eigenvalue weighted by Crippen LogP contribution is -2.27. The molecule has 1 fully saturated rings. The second-order valence-corrected chi connectivity index (χ2v) is 7.57. The fourth-order valence-electron chi connectivity index (χ4n) is 2.28. The van der Waals surface area contributed by atoms with Crippen LogP contribution in [0.2, 0.25) is 0 Å². The van der Waals surface area contributed by atoms with Crippen molar-refractivity contribution in [3.63, 3.8) is 0 Å². The summed E-state index contributed by atoms with van der Waals surface area (Å²) in [5, 5.41) is 2.40. The van der Waals surface area contributed by atoms with Crippen LogP contribution in [0.15, 0.2) is 18.2 Å². The molecule has 1 aliphatic rings. The van der Waals surface area contributed by atoms with Gasteiger partial charge in [-0.3, -0.25) is 9.59 Å². The molecule has 1 saturated carbocycles. The third-order valence-electron chi connectivity index (χ3n) is 4.16. The predicted molar refractivity (Wildman–Crippen MR) is 95.9 cm³/mol. The highest BCUT2D eigenvalue weighted by Gasteiger charge is 2.69. The highest BCUT2D eigenvalue weighted by Crippen LogP contribution is 2.64. The number of alkyl halides is 2. The lowest BCUT2D eigenvalue weighted by molar-refractivity contribution is -0.152. The Balaban J connectivity index is 2.10. The minimum absolute atomic E-state index is 0.00691. The van der Waals surface area contributed by atoms with E-state index in [0.29, 0.717) is 0 Å². The van der Waals surface area contributed by atoms with Crippen molar-refractivity contribution < 1.29 is 33.4 Å². The number of rotatable bonds is 6. The van der Waals surface area contributed by atoms with Crippen LogP contribution in [-0.4, -0.2) is 49.0 Å². The van der Waals surface area contributed by atoms with Gasteiger partial charge in [-0.1, -0.05) is 0 Å². The third-order valence-corrected chi connectivity index (χ3v) is 5.26. The predicted octanol–water partition coefficient (Wildman–Crippen LogP) is 2.33. The summed E-state index contributed by atoms with van der Waals surface area (Å²) in [5.74, 6) is -2.82. The maximum absolute atomic E-state index is 12.1. The third kappa shape index (κ3) is 4.33. The molecule has 1 N–H and O–H groups in total. The van der Waals surface area contributed by atoms with Crippen molar-refractivity contribution in [2.45, 2.75) is 17.7 Å². The summed E-state index contributed by atoms with van der Waals surface area (Å²) >= 11 is 11.8. The first-order chi connectivity index (χ1) is 12.6. The van der Waals surface area contributed by atoms with Gasteiger partial charge in [-0.15, -0.1) is 23.2 Å². The number of ether oxygens (including phenoxy) is 3. The van der Waals surface area contributed by atoms with Crippen LogP contribution in [0.4, 0.5) is 5.69 Å². The molecule has 0 bridgehead atoms. The highest BCUT2D eigenvalue weighted by atomic mass is 35.5. The molecule has 2 rings (SSSR count). The zero-order valence-electron chi connectivity index (χ0n) is 14.8. The lowest BCUT2D eigenvalue weighted by atomic mass is 10.1. The standard InChI is InChI=1S/C17H17Cl2NO7/c1-16(8-17(16,18)19)15(24)27-7-12(21)20-11-6-9(13(22)25-2)4-5-10(11)14(23)26-3/h4-6H,7-8H2,1-3H3,(H,20,21)/t16-/m0/s1. The number of esters is 3. The van der Waals surface area contributed by atoms with Gasteiger partial charge in [0.25, 0.3) is 5.91 Å². The number of hydrogen-bond donors (Lipinski definition) is 1. The molecule has 1 amide bonds. The molecular formula is C17H17Cl2NO7.